The largest absolute Gasteiger partial charge is 0.478 e. The van der Waals surface area contributed by atoms with E-state index in [1.165, 1.54) is 17.7 Å². The van der Waals surface area contributed by atoms with E-state index in [0.29, 0.717) is 12.1 Å². The number of amides is 1. The SMILES string of the molecule is CCC(CNC(=O)Cc1cccc(C(=O)O)c1)c1ccccc1. The third-order valence-electron chi connectivity index (χ3n) is 3.85. The molecule has 0 fully saturated rings. The summed E-state index contributed by atoms with van der Waals surface area (Å²) in [5.74, 6) is -0.796. The molecule has 0 aliphatic heterocycles. The van der Waals surface area contributed by atoms with Gasteiger partial charge in [0.15, 0.2) is 0 Å². The fourth-order valence-electron chi connectivity index (χ4n) is 2.52. The fraction of sp³-hybridized carbons (Fsp3) is 0.263. The van der Waals surface area contributed by atoms with E-state index < -0.39 is 5.97 Å². The minimum atomic E-state index is -0.984. The summed E-state index contributed by atoms with van der Waals surface area (Å²) in [5.41, 5.74) is 2.12. The van der Waals surface area contributed by atoms with E-state index in [2.05, 4.69) is 24.4 Å². The Morgan fingerprint density at radius 3 is 2.48 bits per heavy atom. The van der Waals surface area contributed by atoms with Gasteiger partial charge in [0.2, 0.25) is 5.91 Å². The van der Waals surface area contributed by atoms with Crippen LogP contribution in [0.4, 0.5) is 0 Å². The fourth-order valence-corrected chi connectivity index (χ4v) is 2.52. The quantitative estimate of drug-likeness (QED) is 0.825. The van der Waals surface area contributed by atoms with E-state index in [-0.39, 0.29) is 23.8 Å². The Hall–Kier alpha value is -2.62. The Labute approximate surface area is 136 Å². The van der Waals surface area contributed by atoms with Gasteiger partial charge in [0, 0.05) is 12.5 Å². The van der Waals surface area contributed by atoms with Crippen LogP contribution in [0.25, 0.3) is 0 Å². The molecule has 4 heteroatoms. The molecule has 4 nitrogen and oxygen atoms in total. The number of rotatable bonds is 7. The number of carboxylic acids is 1. The average molecular weight is 311 g/mol. The molecule has 120 valence electrons. The second-order valence-corrected chi connectivity index (χ2v) is 5.50. The molecule has 0 bridgehead atoms. The van der Waals surface area contributed by atoms with Gasteiger partial charge in [0.1, 0.15) is 0 Å². The lowest BCUT2D eigenvalue weighted by Crippen LogP contribution is -2.29. The van der Waals surface area contributed by atoms with E-state index in [4.69, 9.17) is 5.11 Å². The Morgan fingerprint density at radius 1 is 1.09 bits per heavy atom. The zero-order valence-electron chi connectivity index (χ0n) is 13.2. The van der Waals surface area contributed by atoms with E-state index in [0.717, 1.165) is 6.42 Å². The zero-order valence-corrected chi connectivity index (χ0v) is 13.2. The number of carboxylic acid groups (broad SMARTS) is 1. The molecule has 0 heterocycles. The number of hydrogen-bond donors (Lipinski definition) is 2. The molecule has 2 aromatic carbocycles. The molecule has 0 saturated heterocycles. The molecule has 1 unspecified atom stereocenters. The molecule has 0 aliphatic rings. The summed E-state index contributed by atoms with van der Waals surface area (Å²) in [6.07, 6.45) is 1.13. The van der Waals surface area contributed by atoms with E-state index in [1.54, 1.807) is 12.1 Å². The predicted octanol–water partition coefficient (Wildman–Crippen LogP) is 3.24. The molecule has 1 amide bonds. The lowest BCUT2D eigenvalue weighted by molar-refractivity contribution is -0.120. The van der Waals surface area contributed by atoms with Crippen LogP contribution in [0.5, 0.6) is 0 Å². The summed E-state index contributed by atoms with van der Waals surface area (Å²) in [6.45, 7) is 2.68. The number of benzene rings is 2. The van der Waals surface area contributed by atoms with Gasteiger partial charge >= 0.3 is 5.97 Å². The lowest BCUT2D eigenvalue weighted by Gasteiger charge is -2.16. The first-order chi connectivity index (χ1) is 11.1. The maximum absolute atomic E-state index is 12.1. The van der Waals surface area contributed by atoms with Gasteiger partial charge in [-0.2, -0.15) is 0 Å². The second-order valence-electron chi connectivity index (χ2n) is 5.50. The van der Waals surface area contributed by atoms with Crippen molar-refractivity contribution in [2.75, 3.05) is 6.54 Å². The van der Waals surface area contributed by atoms with Crippen LogP contribution in [0.15, 0.2) is 54.6 Å². The highest BCUT2D eigenvalue weighted by molar-refractivity contribution is 5.88. The molecule has 23 heavy (non-hydrogen) atoms. The average Bonchev–Trinajstić information content (AvgIpc) is 2.56. The van der Waals surface area contributed by atoms with Gasteiger partial charge in [0.05, 0.1) is 12.0 Å². The van der Waals surface area contributed by atoms with Crippen molar-refractivity contribution < 1.29 is 14.7 Å². The highest BCUT2D eigenvalue weighted by Crippen LogP contribution is 2.18. The van der Waals surface area contributed by atoms with Crippen LogP contribution in [0.1, 0.15) is 40.7 Å². The number of hydrogen-bond acceptors (Lipinski definition) is 2. The van der Waals surface area contributed by atoms with Crippen molar-refractivity contribution in [1.82, 2.24) is 5.32 Å². The molecular formula is C19H21NO3. The van der Waals surface area contributed by atoms with Gasteiger partial charge < -0.3 is 10.4 Å². The minimum absolute atomic E-state index is 0.0954. The van der Waals surface area contributed by atoms with Gasteiger partial charge in [0.25, 0.3) is 0 Å². The Kier molecular flexibility index (Phi) is 5.92. The summed E-state index contributed by atoms with van der Waals surface area (Å²) >= 11 is 0. The van der Waals surface area contributed by atoms with Gasteiger partial charge in [-0.1, -0.05) is 49.4 Å². The third kappa shape index (κ3) is 4.95. The standard InChI is InChI=1S/C19H21NO3/c1-2-15(16-8-4-3-5-9-16)13-20-18(21)12-14-7-6-10-17(11-14)19(22)23/h3-11,15H,2,12-13H2,1H3,(H,20,21)(H,22,23). The summed E-state index contributed by atoms with van der Waals surface area (Å²) in [7, 11) is 0. The van der Waals surface area contributed by atoms with Crippen LogP contribution < -0.4 is 5.32 Å². The number of nitrogens with one attached hydrogen (secondary N) is 1. The van der Waals surface area contributed by atoms with Gasteiger partial charge in [-0.05, 0) is 29.7 Å². The van der Waals surface area contributed by atoms with Crippen LogP contribution in [-0.4, -0.2) is 23.5 Å². The first kappa shape index (κ1) is 16.7. The number of aromatic carboxylic acids is 1. The molecule has 2 N–H and O–H groups in total. The maximum atomic E-state index is 12.1. The predicted molar refractivity (Wildman–Crippen MR) is 89.6 cm³/mol. The van der Waals surface area contributed by atoms with Crippen molar-refractivity contribution in [2.45, 2.75) is 25.7 Å². The van der Waals surface area contributed by atoms with Crippen molar-refractivity contribution in [1.29, 1.82) is 0 Å². The molecule has 0 aromatic heterocycles. The smallest absolute Gasteiger partial charge is 0.335 e. The topological polar surface area (TPSA) is 66.4 Å². The van der Waals surface area contributed by atoms with E-state index in [1.807, 2.05) is 18.2 Å². The van der Waals surface area contributed by atoms with Crippen LogP contribution >= 0.6 is 0 Å². The van der Waals surface area contributed by atoms with Crippen LogP contribution in [0.2, 0.25) is 0 Å². The summed E-state index contributed by atoms with van der Waals surface area (Å²) in [6, 6.07) is 16.6. The number of carbonyl (C=O) groups excluding carboxylic acids is 1. The van der Waals surface area contributed by atoms with Crippen LogP contribution in [-0.2, 0) is 11.2 Å². The van der Waals surface area contributed by atoms with E-state index >= 15 is 0 Å². The summed E-state index contributed by atoms with van der Waals surface area (Å²) in [4.78, 5) is 23.0. The van der Waals surface area contributed by atoms with Crippen molar-refractivity contribution in [3.63, 3.8) is 0 Å². The van der Waals surface area contributed by atoms with Crippen LogP contribution in [0.3, 0.4) is 0 Å². The molecule has 0 spiro atoms. The van der Waals surface area contributed by atoms with E-state index in [9.17, 15) is 9.59 Å². The molecule has 1 atom stereocenters. The summed E-state index contributed by atoms with van der Waals surface area (Å²) < 4.78 is 0. The normalized spacial score (nSPS) is 11.7. The monoisotopic (exact) mass is 311 g/mol. The van der Waals surface area contributed by atoms with Crippen molar-refractivity contribution in [3.8, 4) is 0 Å². The Morgan fingerprint density at radius 2 is 1.83 bits per heavy atom. The molecular weight excluding hydrogens is 290 g/mol. The maximum Gasteiger partial charge on any atom is 0.335 e. The van der Waals surface area contributed by atoms with Crippen molar-refractivity contribution >= 4 is 11.9 Å². The molecule has 2 aromatic rings. The van der Waals surface area contributed by atoms with Crippen molar-refractivity contribution in [3.05, 3.63) is 71.3 Å². The van der Waals surface area contributed by atoms with Crippen LogP contribution in [0, 0.1) is 0 Å². The highest BCUT2D eigenvalue weighted by atomic mass is 16.4. The minimum Gasteiger partial charge on any atom is -0.478 e. The molecule has 0 radical (unpaired) electrons. The third-order valence-corrected chi connectivity index (χ3v) is 3.85. The lowest BCUT2D eigenvalue weighted by atomic mass is 9.96. The van der Waals surface area contributed by atoms with Gasteiger partial charge in [-0.25, -0.2) is 4.79 Å². The number of carbonyl (C=O) groups is 2. The molecule has 0 saturated carbocycles. The second kappa shape index (κ2) is 8.13. The summed E-state index contributed by atoms with van der Waals surface area (Å²) in [5, 5.41) is 11.9. The zero-order chi connectivity index (χ0) is 16.7. The highest BCUT2D eigenvalue weighted by Gasteiger charge is 2.12. The first-order valence-electron chi connectivity index (χ1n) is 7.74. The Bertz CT molecular complexity index is 667. The molecule has 0 aliphatic carbocycles. The van der Waals surface area contributed by atoms with Gasteiger partial charge in [-0.3, -0.25) is 4.79 Å². The van der Waals surface area contributed by atoms with Crippen molar-refractivity contribution in [2.24, 2.45) is 0 Å². The Balaban J connectivity index is 1.92. The first-order valence-corrected chi connectivity index (χ1v) is 7.74. The molecule has 2 rings (SSSR count). The van der Waals surface area contributed by atoms with Gasteiger partial charge in [-0.15, -0.1) is 0 Å².